The minimum Gasteiger partial charge on any atom is -0.392 e. The van der Waals surface area contributed by atoms with Crippen LogP contribution in [0.5, 0.6) is 0 Å². The first-order valence-corrected chi connectivity index (χ1v) is 12.0. The molecule has 7 nitrogen and oxygen atoms in total. The van der Waals surface area contributed by atoms with Gasteiger partial charge in [0, 0.05) is 35.5 Å². The van der Waals surface area contributed by atoms with Crippen molar-refractivity contribution >= 4 is 17.4 Å². The van der Waals surface area contributed by atoms with Crippen LogP contribution in [0.25, 0.3) is 28.2 Å². The van der Waals surface area contributed by atoms with Crippen molar-refractivity contribution in [2.75, 3.05) is 11.9 Å². The van der Waals surface area contributed by atoms with Crippen LogP contribution in [0.2, 0.25) is 0 Å². The van der Waals surface area contributed by atoms with Gasteiger partial charge in [-0.1, -0.05) is 24.3 Å². The quantitative estimate of drug-likeness (QED) is 0.307. The molecule has 0 radical (unpaired) electrons. The van der Waals surface area contributed by atoms with E-state index in [1.807, 2.05) is 25.1 Å². The average Bonchev–Trinajstić information content (AvgIpc) is 3.57. The zero-order chi connectivity index (χ0) is 26.2. The number of alkyl halides is 3. The molecule has 0 bridgehead atoms. The maximum absolute atomic E-state index is 12.8. The molecule has 1 saturated carbocycles. The first kappa shape index (κ1) is 24.8. The van der Waals surface area contributed by atoms with Crippen LogP contribution in [-0.4, -0.2) is 44.1 Å². The van der Waals surface area contributed by atoms with E-state index in [0.717, 1.165) is 24.0 Å². The maximum atomic E-state index is 12.8. The summed E-state index contributed by atoms with van der Waals surface area (Å²) in [6, 6.07) is 12.9. The highest BCUT2D eigenvalue weighted by molar-refractivity contribution is 5.96. The fourth-order valence-corrected chi connectivity index (χ4v) is 4.18. The number of halogens is 3. The van der Waals surface area contributed by atoms with Gasteiger partial charge in [0.1, 0.15) is 0 Å². The number of nitrogens with zero attached hydrogens (tertiary/aromatic N) is 3. The molecule has 1 fully saturated rings. The third-order valence-corrected chi connectivity index (χ3v) is 6.28. The highest BCUT2D eigenvalue weighted by Gasteiger charge is 2.27. The van der Waals surface area contributed by atoms with Crippen LogP contribution < -0.4 is 10.6 Å². The summed E-state index contributed by atoms with van der Waals surface area (Å²) in [5.41, 5.74) is 5.19. The molecule has 37 heavy (non-hydrogen) atoms. The van der Waals surface area contributed by atoms with Crippen molar-refractivity contribution in [1.82, 2.24) is 19.7 Å². The number of aromatic nitrogens is 3. The van der Waals surface area contributed by atoms with Crippen LogP contribution in [0, 0.1) is 6.92 Å². The molecular formula is C27H26F3N5O2. The lowest BCUT2D eigenvalue weighted by molar-refractivity contribution is -0.131. The molecule has 2 aromatic heterocycles. The van der Waals surface area contributed by atoms with E-state index < -0.39 is 12.6 Å². The summed E-state index contributed by atoms with van der Waals surface area (Å²) < 4.78 is 40.2. The molecule has 192 valence electrons. The van der Waals surface area contributed by atoms with Gasteiger partial charge in [0.05, 0.1) is 30.6 Å². The number of hydrogen-bond acceptors (Lipinski definition) is 5. The Bertz CT molecular complexity index is 1460. The maximum Gasteiger partial charge on any atom is 0.390 e. The Morgan fingerprint density at radius 1 is 1.16 bits per heavy atom. The Balaban J connectivity index is 1.56. The van der Waals surface area contributed by atoms with E-state index in [1.165, 1.54) is 0 Å². The lowest BCUT2D eigenvalue weighted by Gasteiger charge is -2.13. The number of nitrogens with one attached hydrogen (secondary N) is 2. The van der Waals surface area contributed by atoms with Gasteiger partial charge in [-0.2, -0.15) is 13.2 Å². The third-order valence-electron chi connectivity index (χ3n) is 6.28. The van der Waals surface area contributed by atoms with Gasteiger partial charge in [0.2, 0.25) is 0 Å². The van der Waals surface area contributed by atoms with Crippen LogP contribution in [-0.2, 0) is 6.61 Å². The monoisotopic (exact) mass is 509 g/mol. The minimum atomic E-state index is -4.30. The van der Waals surface area contributed by atoms with Crippen molar-refractivity contribution in [2.24, 2.45) is 0 Å². The first-order chi connectivity index (χ1) is 17.7. The number of amides is 1. The number of imidazole rings is 1. The molecular weight excluding hydrogens is 483 g/mol. The second kappa shape index (κ2) is 9.85. The van der Waals surface area contributed by atoms with Gasteiger partial charge >= 0.3 is 6.18 Å². The summed E-state index contributed by atoms with van der Waals surface area (Å²) in [7, 11) is 0. The largest absolute Gasteiger partial charge is 0.392 e. The Morgan fingerprint density at radius 3 is 2.68 bits per heavy atom. The SMILES string of the molecule is Cc1cc(-c2cnc3c(NCCC(F)(F)F)nc(-c4cccc(CO)c4)cn23)ccc1C(=O)NC1CC1. The van der Waals surface area contributed by atoms with E-state index in [4.69, 9.17) is 0 Å². The highest BCUT2D eigenvalue weighted by atomic mass is 19.4. The normalized spacial score (nSPS) is 13.6. The molecule has 0 unspecified atom stereocenters. The number of aryl methyl sites for hydroxylation is 1. The van der Waals surface area contributed by atoms with E-state index >= 15 is 0 Å². The molecule has 3 N–H and O–H groups in total. The molecule has 2 heterocycles. The number of hydrogen-bond donors (Lipinski definition) is 3. The molecule has 0 saturated heterocycles. The lowest BCUT2D eigenvalue weighted by atomic mass is 10.0. The zero-order valence-electron chi connectivity index (χ0n) is 20.1. The van der Waals surface area contributed by atoms with Crippen molar-refractivity contribution < 1.29 is 23.1 Å². The second-order valence-corrected chi connectivity index (χ2v) is 9.24. The van der Waals surface area contributed by atoms with Crippen molar-refractivity contribution in [2.45, 2.75) is 45.0 Å². The van der Waals surface area contributed by atoms with Gasteiger partial charge in [-0.25, -0.2) is 9.97 Å². The number of fused-ring (bicyclic) bond motifs is 1. The van der Waals surface area contributed by atoms with Crippen molar-refractivity contribution in [3.05, 3.63) is 71.5 Å². The van der Waals surface area contributed by atoms with Crippen molar-refractivity contribution in [3.63, 3.8) is 0 Å². The van der Waals surface area contributed by atoms with Crippen molar-refractivity contribution in [3.8, 4) is 22.5 Å². The van der Waals surface area contributed by atoms with Crippen molar-refractivity contribution in [1.29, 1.82) is 0 Å². The van der Waals surface area contributed by atoms with Gasteiger partial charge < -0.3 is 15.7 Å². The Kier molecular flexibility index (Phi) is 6.59. The zero-order valence-corrected chi connectivity index (χ0v) is 20.1. The Hall–Kier alpha value is -3.92. The number of anilines is 1. The van der Waals surface area contributed by atoms with Gasteiger partial charge in [-0.05, 0) is 49.1 Å². The molecule has 0 atom stereocenters. The summed E-state index contributed by atoms with van der Waals surface area (Å²) in [5.74, 6) is 0.121. The predicted octanol–water partition coefficient (Wildman–Crippen LogP) is 5.12. The van der Waals surface area contributed by atoms with E-state index in [-0.39, 0.29) is 30.9 Å². The van der Waals surface area contributed by atoms with Gasteiger partial charge in [0.15, 0.2) is 11.5 Å². The predicted molar refractivity (Wildman–Crippen MR) is 134 cm³/mol. The highest BCUT2D eigenvalue weighted by Crippen LogP contribution is 2.30. The van der Waals surface area contributed by atoms with Crippen LogP contribution in [0.1, 0.15) is 40.7 Å². The summed E-state index contributed by atoms with van der Waals surface area (Å²) >= 11 is 0. The molecule has 4 aromatic rings. The lowest BCUT2D eigenvalue weighted by Crippen LogP contribution is -2.26. The fraction of sp³-hybridized carbons (Fsp3) is 0.296. The number of aliphatic hydroxyl groups is 1. The summed E-state index contributed by atoms with van der Waals surface area (Å²) in [4.78, 5) is 21.6. The number of benzene rings is 2. The molecule has 1 aliphatic rings. The number of rotatable bonds is 8. The minimum absolute atomic E-state index is 0.101. The molecule has 5 rings (SSSR count). The summed E-state index contributed by atoms with van der Waals surface area (Å²) in [5, 5.41) is 15.3. The van der Waals surface area contributed by atoms with Crippen LogP contribution >= 0.6 is 0 Å². The van der Waals surface area contributed by atoms with Crippen LogP contribution in [0.15, 0.2) is 54.9 Å². The Morgan fingerprint density at radius 2 is 1.97 bits per heavy atom. The molecule has 10 heteroatoms. The van der Waals surface area contributed by atoms with Gasteiger partial charge in [0.25, 0.3) is 5.91 Å². The topological polar surface area (TPSA) is 91.6 Å². The second-order valence-electron chi connectivity index (χ2n) is 9.24. The fourth-order valence-electron chi connectivity index (χ4n) is 4.18. The third kappa shape index (κ3) is 5.59. The molecule has 0 aliphatic heterocycles. The Labute approximate surface area is 211 Å². The number of aliphatic hydroxyl groups excluding tert-OH is 1. The van der Waals surface area contributed by atoms with Crippen LogP contribution in [0.4, 0.5) is 19.0 Å². The standard InChI is InChI=1S/C27H26F3N5O2/c1-16-11-19(5-8-21(16)26(37)33-20-6-7-20)23-13-32-25-24(31-10-9-27(28,29)30)34-22(14-35(23)25)18-4-2-3-17(12-18)15-36/h2-5,8,11-14,20,36H,6-7,9-10,15H2,1H3,(H,31,34)(H,33,37). The number of carbonyl (C=O) groups is 1. The summed E-state index contributed by atoms with van der Waals surface area (Å²) in [6.07, 6.45) is 0.0954. The number of carbonyl (C=O) groups excluding carboxylic acids is 1. The van der Waals surface area contributed by atoms with Gasteiger partial charge in [-0.15, -0.1) is 0 Å². The molecule has 1 aliphatic carbocycles. The first-order valence-electron chi connectivity index (χ1n) is 12.0. The molecule has 1 amide bonds. The molecule has 0 spiro atoms. The van der Waals surface area contributed by atoms with E-state index in [2.05, 4.69) is 20.6 Å². The van der Waals surface area contributed by atoms with Gasteiger partial charge in [-0.3, -0.25) is 9.20 Å². The molecule has 2 aromatic carbocycles. The van der Waals surface area contributed by atoms with E-state index in [1.54, 1.807) is 41.1 Å². The average molecular weight is 510 g/mol. The summed E-state index contributed by atoms with van der Waals surface area (Å²) in [6.45, 7) is 1.37. The smallest absolute Gasteiger partial charge is 0.390 e. The van der Waals surface area contributed by atoms with E-state index in [0.29, 0.717) is 33.7 Å². The van der Waals surface area contributed by atoms with Crippen LogP contribution in [0.3, 0.4) is 0 Å². The van der Waals surface area contributed by atoms with E-state index in [9.17, 15) is 23.1 Å².